The lowest BCUT2D eigenvalue weighted by molar-refractivity contribution is -0.153. The van der Waals surface area contributed by atoms with Crippen LogP contribution in [0.2, 0.25) is 0 Å². The Bertz CT molecular complexity index is 380. The number of ether oxygens (including phenoxy) is 1. The summed E-state index contributed by atoms with van der Waals surface area (Å²) in [6.07, 6.45) is 0. The van der Waals surface area contributed by atoms with Crippen LogP contribution in [0.3, 0.4) is 0 Å². The van der Waals surface area contributed by atoms with Crippen molar-refractivity contribution in [2.45, 2.75) is 39.5 Å². The Labute approximate surface area is 109 Å². The van der Waals surface area contributed by atoms with Gasteiger partial charge < -0.3 is 15.8 Å². The second-order valence-electron chi connectivity index (χ2n) is 5.21. The summed E-state index contributed by atoms with van der Waals surface area (Å²) in [5.74, 6) is -0.235. The fourth-order valence-corrected chi connectivity index (χ4v) is 1.48. The van der Waals surface area contributed by atoms with Gasteiger partial charge in [0.2, 0.25) is 0 Å². The summed E-state index contributed by atoms with van der Waals surface area (Å²) < 4.78 is 5.19. The third-order valence-electron chi connectivity index (χ3n) is 2.28. The van der Waals surface area contributed by atoms with Crippen LogP contribution in [0.15, 0.2) is 24.3 Å². The maximum absolute atomic E-state index is 11.4. The average molecular weight is 250 g/mol. The van der Waals surface area contributed by atoms with Crippen molar-refractivity contribution in [3.05, 3.63) is 35.4 Å². The highest BCUT2D eigenvalue weighted by atomic mass is 16.6. The summed E-state index contributed by atoms with van der Waals surface area (Å²) in [5, 5.41) is 3.06. The van der Waals surface area contributed by atoms with Gasteiger partial charge >= 0.3 is 5.97 Å². The monoisotopic (exact) mass is 250 g/mol. The van der Waals surface area contributed by atoms with E-state index in [0.717, 1.165) is 11.1 Å². The molecule has 0 aliphatic heterocycles. The molecule has 0 saturated carbocycles. The number of benzene rings is 1. The van der Waals surface area contributed by atoms with E-state index in [1.165, 1.54) is 0 Å². The van der Waals surface area contributed by atoms with Crippen molar-refractivity contribution in [3.63, 3.8) is 0 Å². The van der Waals surface area contributed by atoms with E-state index in [9.17, 15) is 4.79 Å². The van der Waals surface area contributed by atoms with E-state index >= 15 is 0 Å². The SMILES string of the molecule is CC(C)(C)OC(=O)CNCc1ccc(CN)cc1. The molecule has 1 aromatic rings. The maximum atomic E-state index is 11.4. The number of hydrogen-bond acceptors (Lipinski definition) is 4. The molecule has 0 spiro atoms. The molecule has 0 radical (unpaired) electrons. The predicted molar refractivity (Wildman–Crippen MR) is 71.9 cm³/mol. The number of carbonyl (C=O) groups is 1. The fraction of sp³-hybridized carbons (Fsp3) is 0.500. The van der Waals surface area contributed by atoms with Gasteiger partial charge in [0.05, 0.1) is 6.54 Å². The van der Waals surface area contributed by atoms with Gasteiger partial charge in [-0.3, -0.25) is 4.79 Å². The first-order valence-electron chi connectivity index (χ1n) is 6.11. The lowest BCUT2D eigenvalue weighted by Gasteiger charge is -2.19. The first-order chi connectivity index (χ1) is 8.40. The summed E-state index contributed by atoms with van der Waals surface area (Å²) in [4.78, 5) is 11.4. The topological polar surface area (TPSA) is 64.3 Å². The molecule has 0 atom stereocenters. The molecule has 4 nitrogen and oxygen atoms in total. The van der Waals surface area contributed by atoms with Crippen LogP contribution in [0, 0.1) is 0 Å². The Balaban J connectivity index is 2.30. The molecule has 0 amide bonds. The standard InChI is InChI=1S/C14H22N2O2/c1-14(2,3)18-13(17)10-16-9-12-6-4-11(8-15)5-7-12/h4-7,16H,8-10,15H2,1-3H3. The van der Waals surface area contributed by atoms with Crippen LogP contribution in [-0.4, -0.2) is 18.1 Å². The lowest BCUT2D eigenvalue weighted by atomic mass is 10.1. The molecule has 0 bridgehead atoms. The number of nitrogens with one attached hydrogen (secondary N) is 1. The Morgan fingerprint density at radius 2 is 1.78 bits per heavy atom. The van der Waals surface area contributed by atoms with Crippen molar-refractivity contribution < 1.29 is 9.53 Å². The maximum Gasteiger partial charge on any atom is 0.320 e. The van der Waals surface area contributed by atoms with Gasteiger partial charge in [-0.25, -0.2) is 0 Å². The van der Waals surface area contributed by atoms with E-state index in [1.54, 1.807) is 0 Å². The van der Waals surface area contributed by atoms with Gasteiger partial charge in [-0.05, 0) is 31.9 Å². The Morgan fingerprint density at radius 3 is 2.28 bits per heavy atom. The molecule has 1 aromatic carbocycles. The number of nitrogens with two attached hydrogens (primary N) is 1. The zero-order valence-electron chi connectivity index (χ0n) is 11.3. The Morgan fingerprint density at radius 1 is 1.22 bits per heavy atom. The molecule has 4 heteroatoms. The summed E-state index contributed by atoms with van der Waals surface area (Å²) in [6, 6.07) is 7.99. The summed E-state index contributed by atoms with van der Waals surface area (Å²) in [7, 11) is 0. The zero-order chi connectivity index (χ0) is 13.6. The van der Waals surface area contributed by atoms with Gasteiger partial charge in [0, 0.05) is 13.1 Å². The van der Waals surface area contributed by atoms with Crippen LogP contribution in [0.4, 0.5) is 0 Å². The van der Waals surface area contributed by atoms with E-state index in [2.05, 4.69) is 5.32 Å². The average Bonchev–Trinajstić information content (AvgIpc) is 2.27. The molecule has 3 N–H and O–H groups in total. The Kier molecular flexibility index (Phi) is 5.31. The normalized spacial score (nSPS) is 11.3. The van der Waals surface area contributed by atoms with E-state index in [1.807, 2.05) is 45.0 Å². The summed E-state index contributed by atoms with van der Waals surface area (Å²) in [5.41, 5.74) is 7.32. The molecule has 0 heterocycles. The molecule has 0 unspecified atom stereocenters. The molecule has 1 rings (SSSR count). The third kappa shape index (κ3) is 5.80. The van der Waals surface area contributed by atoms with Gasteiger partial charge in [-0.2, -0.15) is 0 Å². The van der Waals surface area contributed by atoms with Crippen molar-refractivity contribution in [2.75, 3.05) is 6.54 Å². The highest BCUT2D eigenvalue weighted by Crippen LogP contribution is 2.06. The number of carbonyl (C=O) groups excluding carboxylic acids is 1. The Hall–Kier alpha value is -1.39. The van der Waals surface area contributed by atoms with Crippen LogP contribution < -0.4 is 11.1 Å². The van der Waals surface area contributed by atoms with Gasteiger partial charge in [-0.1, -0.05) is 24.3 Å². The summed E-state index contributed by atoms with van der Waals surface area (Å²) in [6.45, 7) is 6.98. The van der Waals surface area contributed by atoms with Crippen LogP contribution in [0.5, 0.6) is 0 Å². The number of esters is 1. The van der Waals surface area contributed by atoms with Crippen molar-refractivity contribution in [1.29, 1.82) is 0 Å². The molecular formula is C14H22N2O2. The molecule has 0 aliphatic rings. The molecule has 0 aliphatic carbocycles. The van der Waals surface area contributed by atoms with Gasteiger partial charge in [0.25, 0.3) is 0 Å². The van der Waals surface area contributed by atoms with Crippen LogP contribution in [0.25, 0.3) is 0 Å². The van der Waals surface area contributed by atoms with Gasteiger partial charge in [-0.15, -0.1) is 0 Å². The van der Waals surface area contributed by atoms with Crippen molar-refractivity contribution >= 4 is 5.97 Å². The first-order valence-corrected chi connectivity index (χ1v) is 6.11. The highest BCUT2D eigenvalue weighted by molar-refractivity contribution is 5.72. The second kappa shape index (κ2) is 6.52. The lowest BCUT2D eigenvalue weighted by Crippen LogP contribution is -2.31. The predicted octanol–water partition coefficient (Wildman–Crippen LogP) is 1.58. The fourth-order valence-electron chi connectivity index (χ4n) is 1.48. The molecule has 18 heavy (non-hydrogen) atoms. The minimum Gasteiger partial charge on any atom is -0.459 e. The smallest absolute Gasteiger partial charge is 0.320 e. The van der Waals surface area contributed by atoms with Crippen LogP contribution >= 0.6 is 0 Å². The summed E-state index contributed by atoms with van der Waals surface area (Å²) >= 11 is 0. The zero-order valence-corrected chi connectivity index (χ0v) is 11.3. The third-order valence-corrected chi connectivity index (χ3v) is 2.28. The minimum atomic E-state index is -0.429. The van der Waals surface area contributed by atoms with Crippen molar-refractivity contribution in [3.8, 4) is 0 Å². The van der Waals surface area contributed by atoms with Crippen LogP contribution in [-0.2, 0) is 22.6 Å². The largest absolute Gasteiger partial charge is 0.459 e. The first kappa shape index (κ1) is 14.7. The molecular weight excluding hydrogens is 228 g/mol. The van der Waals surface area contributed by atoms with E-state index in [-0.39, 0.29) is 12.5 Å². The molecule has 0 saturated heterocycles. The highest BCUT2D eigenvalue weighted by Gasteiger charge is 2.15. The van der Waals surface area contributed by atoms with E-state index in [0.29, 0.717) is 13.1 Å². The van der Waals surface area contributed by atoms with E-state index < -0.39 is 5.60 Å². The van der Waals surface area contributed by atoms with Gasteiger partial charge in [0.1, 0.15) is 5.60 Å². The van der Waals surface area contributed by atoms with Crippen molar-refractivity contribution in [2.24, 2.45) is 5.73 Å². The number of rotatable bonds is 5. The van der Waals surface area contributed by atoms with Crippen molar-refractivity contribution in [1.82, 2.24) is 5.32 Å². The second-order valence-corrected chi connectivity index (χ2v) is 5.21. The quantitative estimate of drug-likeness (QED) is 0.779. The minimum absolute atomic E-state index is 0.218. The molecule has 100 valence electrons. The van der Waals surface area contributed by atoms with Crippen LogP contribution in [0.1, 0.15) is 31.9 Å². The molecule has 0 fully saturated rings. The number of hydrogen-bond donors (Lipinski definition) is 2. The van der Waals surface area contributed by atoms with E-state index in [4.69, 9.17) is 10.5 Å². The van der Waals surface area contributed by atoms with Gasteiger partial charge in [0.15, 0.2) is 0 Å². The molecule has 0 aromatic heterocycles.